The zero-order valence-corrected chi connectivity index (χ0v) is 15.6. The number of rotatable bonds is 6. The van der Waals surface area contributed by atoms with Crippen LogP contribution < -0.4 is 4.72 Å². The number of thiophene rings is 1. The molecule has 2 aromatic rings. The van der Waals surface area contributed by atoms with Crippen LogP contribution in [-0.2, 0) is 19.9 Å². The van der Waals surface area contributed by atoms with Crippen LogP contribution >= 0.6 is 11.3 Å². The smallest absolute Gasteiger partial charge is 0.208 e. The number of nitrogens with one attached hydrogen (secondary N) is 1. The molecule has 0 radical (unpaired) electrons. The lowest BCUT2D eigenvalue weighted by atomic mass is 10.1. The van der Waals surface area contributed by atoms with E-state index in [1.807, 2.05) is 13.8 Å². The third-order valence-corrected chi connectivity index (χ3v) is 7.48. The van der Waals surface area contributed by atoms with Crippen LogP contribution in [0.4, 0.5) is 0 Å². The first-order chi connectivity index (χ1) is 10.6. The summed E-state index contributed by atoms with van der Waals surface area (Å²) < 4.78 is 51.0. The Balaban J connectivity index is 2.46. The summed E-state index contributed by atoms with van der Waals surface area (Å²) in [7, 11) is -7.18. The van der Waals surface area contributed by atoms with Gasteiger partial charge in [-0.05, 0) is 48.6 Å². The minimum Gasteiger partial charge on any atom is -0.223 e. The predicted molar refractivity (Wildman–Crippen MR) is 93.0 cm³/mol. The summed E-state index contributed by atoms with van der Waals surface area (Å²) in [4.78, 5) is 0.814. The van der Waals surface area contributed by atoms with Gasteiger partial charge in [0.15, 0.2) is 9.84 Å². The molecule has 5 nitrogen and oxygen atoms in total. The summed E-state index contributed by atoms with van der Waals surface area (Å²) in [6.07, 6.45) is 1.02. The Morgan fingerprint density at radius 2 is 1.78 bits per heavy atom. The van der Waals surface area contributed by atoms with Gasteiger partial charge in [0.1, 0.15) is 5.25 Å². The Morgan fingerprint density at radius 1 is 1.09 bits per heavy atom. The second-order valence-corrected chi connectivity index (χ2v) is 10.4. The maximum absolute atomic E-state index is 13.0. The molecule has 0 saturated carbocycles. The van der Waals surface area contributed by atoms with Crippen LogP contribution in [0.15, 0.2) is 40.6 Å². The molecule has 1 aromatic heterocycles. The van der Waals surface area contributed by atoms with Gasteiger partial charge >= 0.3 is 0 Å². The highest BCUT2D eigenvalue weighted by molar-refractivity contribution is 7.92. The number of aryl methyl sites for hydroxylation is 2. The molecule has 0 bridgehead atoms. The molecular weight excluding hydrogens is 354 g/mol. The topological polar surface area (TPSA) is 80.3 Å². The largest absolute Gasteiger partial charge is 0.223 e. The van der Waals surface area contributed by atoms with Gasteiger partial charge in [-0.2, -0.15) is 0 Å². The number of benzene rings is 1. The van der Waals surface area contributed by atoms with Crippen LogP contribution in [0.25, 0.3) is 0 Å². The lowest BCUT2D eigenvalue weighted by Crippen LogP contribution is -2.30. The normalized spacial score (nSPS) is 13.9. The van der Waals surface area contributed by atoms with Crippen LogP contribution in [0.3, 0.4) is 0 Å². The zero-order chi connectivity index (χ0) is 17.3. The monoisotopic (exact) mass is 373 g/mol. The maximum atomic E-state index is 13.0. The first kappa shape index (κ1) is 18.1. The molecule has 0 aliphatic heterocycles. The summed E-state index contributed by atoms with van der Waals surface area (Å²) >= 11 is 1.30. The van der Waals surface area contributed by atoms with Gasteiger partial charge in [-0.25, -0.2) is 21.6 Å². The molecule has 0 saturated heterocycles. The SMILES string of the molecule is Cc1ccc(S(=O)(=O)[C@@H](CNS(C)(=O)=O)c2cccs2)cc1C. The van der Waals surface area contributed by atoms with E-state index in [1.54, 1.807) is 35.7 Å². The average Bonchev–Trinajstić information content (AvgIpc) is 2.94. The van der Waals surface area contributed by atoms with Gasteiger partial charge in [0.05, 0.1) is 11.2 Å². The highest BCUT2D eigenvalue weighted by atomic mass is 32.2. The van der Waals surface area contributed by atoms with Crippen LogP contribution in [0, 0.1) is 13.8 Å². The summed E-state index contributed by atoms with van der Waals surface area (Å²) in [5, 5.41) is 0.831. The van der Waals surface area contributed by atoms with Crippen LogP contribution in [-0.4, -0.2) is 29.6 Å². The Morgan fingerprint density at radius 3 is 2.30 bits per heavy atom. The van der Waals surface area contributed by atoms with Gasteiger partial charge in [0.2, 0.25) is 10.0 Å². The van der Waals surface area contributed by atoms with Gasteiger partial charge in [-0.1, -0.05) is 12.1 Å². The number of hydrogen-bond acceptors (Lipinski definition) is 5. The molecule has 0 aliphatic rings. The Hall–Kier alpha value is -1.22. The molecule has 0 fully saturated rings. The Kier molecular flexibility index (Phi) is 5.30. The fraction of sp³-hybridized carbons (Fsp3) is 0.333. The van der Waals surface area contributed by atoms with E-state index < -0.39 is 25.1 Å². The quantitative estimate of drug-likeness (QED) is 0.843. The first-order valence-corrected chi connectivity index (χ1v) is 11.2. The number of hydrogen-bond donors (Lipinski definition) is 1. The van der Waals surface area contributed by atoms with E-state index >= 15 is 0 Å². The molecule has 0 aliphatic carbocycles. The van der Waals surface area contributed by atoms with Crippen molar-refractivity contribution in [1.82, 2.24) is 4.72 Å². The van der Waals surface area contributed by atoms with Gasteiger partial charge in [-0.15, -0.1) is 11.3 Å². The molecule has 1 N–H and O–H groups in total. The fourth-order valence-corrected chi connectivity index (χ4v) is 5.56. The minimum absolute atomic E-state index is 0.186. The van der Waals surface area contributed by atoms with Crippen molar-refractivity contribution in [3.05, 3.63) is 51.7 Å². The summed E-state index contributed by atoms with van der Waals surface area (Å²) in [6.45, 7) is 3.57. The van der Waals surface area contributed by atoms with E-state index in [1.165, 1.54) is 11.3 Å². The van der Waals surface area contributed by atoms with Crippen molar-refractivity contribution in [2.75, 3.05) is 12.8 Å². The van der Waals surface area contributed by atoms with Crippen molar-refractivity contribution >= 4 is 31.2 Å². The first-order valence-electron chi connectivity index (χ1n) is 6.90. The van der Waals surface area contributed by atoms with Crippen LogP contribution in [0.2, 0.25) is 0 Å². The van der Waals surface area contributed by atoms with Crippen molar-refractivity contribution in [3.8, 4) is 0 Å². The van der Waals surface area contributed by atoms with Crippen LogP contribution in [0.5, 0.6) is 0 Å². The Bertz CT molecular complexity index is 885. The van der Waals surface area contributed by atoms with Crippen molar-refractivity contribution in [3.63, 3.8) is 0 Å². The molecule has 0 unspecified atom stereocenters. The molecule has 0 amide bonds. The van der Waals surface area contributed by atoms with Crippen LogP contribution in [0.1, 0.15) is 21.3 Å². The van der Waals surface area contributed by atoms with Gasteiger partial charge in [-0.3, -0.25) is 0 Å². The minimum atomic E-state index is -3.70. The fourth-order valence-electron chi connectivity index (χ4n) is 2.12. The van der Waals surface area contributed by atoms with E-state index in [0.29, 0.717) is 4.88 Å². The molecule has 2 rings (SSSR count). The standard InChI is InChI=1S/C15H19NO4S3/c1-11-6-7-13(9-12(11)2)23(19,20)15(10-16-22(3,17)18)14-5-4-8-21-14/h4-9,15-16H,10H2,1-3H3/t15-/m0/s1. The van der Waals surface area contributed by atoms with E-state index in [0.717, 1.165) is 17.4 Å². The molecule has 1 aromatic carbocycles. The van der Waals surface area contributed by atoms with E-state index in [-0.39, 0.29) is 11.4 Å². The van der Waals surface area contributed by atoms with E-state index in [9.17, 15) is 16.8 Å². The van der Waals surface area contributed by atoms with Crippen molar-refractivity contribution in [1.29, 1.82) is 0 Å². The van der Waals surface area contributed by atoms with Gasteiger partial charge in [0, 0.05) is 11.4 Å². The molecule has 8 heteroatoms. The second-order valence-electron chi connectivity index (χ2n) is 5.42. The lowest BCUT2D eigenvalue weighted by Gasteiger charge is -2.17. The molecule has 126 valence electrons. The van der Waals surface area contributed by atoms with Gasteiger partial charge in [0.25, 0.3) is 0 Å². The van der Waals surface area contributed by atoms with E-state index in [4.69, 9.17) is 0 Å². The second kappa shape index (κ2) is 6.72. The molecule has 1 atom stereocenters. The highest BCUT2D eigenvalue weighted by Gasteiger charge is 2.30. The third kappa shape index (κ3) is 4.41. The average molecular weight is 374 g/mol. The number of sulfonamides is 1. The zero-order valence-electron chi connectivity index (χ0n) is 13.1. The van der Waals surface area contributed by atoms with Gasteiger partial charge < -0.3 is 0 Å². The molecule has 23 heavy (non-hydrogen) atoms. The summed E-state index contributed by atoms with van der Waals surface area (Å²) in [6, 6.07) is 8.42. The molecule has 0 spiro atoms. The lowest BCUT2D eigenvalue weighted by molar-refractivity contribution is 0.572. The molecular formula is C15H19NO4S3. The maximum Gasteiger partial charge on any atom is 0.208 e. The number of sulfone groups is 1. The Labute approximate surface area is 141 Å². The van der Waals surface area contributed by atoms with Crippen molar-refractivity contribution < 1.29 is 16.8 Å². The molecule has 1 heterocycles. The summed E-state index contributed by atoms with van der Waals surface area (Å²) in [5.74, 6) is 0. The summed E-state index contributed by atoms with van der Waals surface area (Å²) in [5.41, 5.74) is 1.89. The third-order valence-electron chi connectivity index (χ3n) is 3.57. The van der Waals surface area contributed by atoms with E-state index in [2.05, 4.69) is 4.72 Å². The van der Waals surface area contributed by atoms with Crippen molar-refractivity contribution in [2.24, 2.45) is 0 Å². The predicted octanol–water partition coefficient (Wildman–Crippen LogP) is 2.43. The van der Waals surface area contributed by atoms with Crippen molar-refractivity contribution in [2.45, 2.75) is 24.0 Å². The highest BCUT2D eigenvalue weighted by Crippen LogP contribution is 2.32.